The van der Waals surface area contributed by atoms with Gasteiger partial charge in [0.15, 0.2) is 0 Å². The van der Waals surface area contributed by atoms with Crippen LogP contribution in [0.4, 0.5) is 30.7 Å². The third kappa shape index (κ3) is 3.11. The van der Waals surface area contributed by atoms with Gasteiger partial charge in [0.25, 0.3) is 5.83 Å². The smallest absolute Gasteiger partial charge is 0.452 e. The molecule has 0 spiro atoms. The maximum Gasteiger partial charge on any atom is 0.452 e. The molecule has 0 rings (SSSR count). The minimum absolute atomic E-state index is 0.300. The van der Waals surface area contributed by atoms with E-state index < -0.39 is 23.9 Å². The summed E-state index contributed by atoms with van der Waals surface area (Å²) in [7, 11) is 0.300. The number of allylic oxidation sites excluding steroid dienone is 2. The first kappa shape index (κ1) is 12.0. The lowest BCUT2D eigenvalue weighted by atomic mass is 10.4. The highest BCUT2D eigenvalue weighted by Crippen LogP contribution is 2.36. The fourth-order valence-corrected chi connectivity index (χ4v) is 0.459. The summed E-state index contributed by atoms with van der Waals surface area (Å²) in [6.07, 6.45) is -11.2. The summed E-state index contributed by atoms with van der Waals surface area (Å²) in [4.78, 5) is 0. The molecule has 0 saturated carbocycles. The Kier molecular flexibility index (Phi) is 3.18. The van der Waals surface area contributed by atoms with Gasteiger partial charge < -0.3 is 4.74 Å². The molecule has 0 atom stereocenters. The molecule has 0 bridgehead atoms. The van der Waals surface area contributed by atoms with Gasteiger partial charge in [0, 0.05) is 0 Å². The predicted molar refractivity (Wildman–Crippen MR) is 27.3 cm³/mol. The zero-order valence-corrected chi connectivity index (χ0v) is 6.05. The highest BCUT2D eigenvalue weighted by molar-refractivity contribution is 5.11. The zero-order chi connectivity index (χ0) is 10.9. The average molecular weight is 212 g/mol. The molecule has 0 unspecified atom stereocenters. The first-order chi connectivity index (χ1) is 5.60. The van der Waals surface area contributed by atoms with Gasteiger partial charge in [0.1, 0.15) is 0 Å². The second-order valence-corrected chi connectivity index (χ2v) is 1.84. The van der Waals surface area contributed by atoms with Crippen molar-refractivity contribution < 1.29 is 35.5 Å². The molecule has 0 aromatic heterocycles. The van der Waals surface area contributed by atoms with Gasteiger partial charge in [-0.15, -0.1) is 0 Å². The second kappa shape index (κ2) is 3.43. The number of ether oxygens (including phenoxy) is 1. The van der Waals surface area contributed by atoms with Gasteiger partial charge >= 0.3 is 12.4 Å². The van der Waals surface area contributed by atoms with Crippen molar-refractivity contribution in [1.82, 2.24) is 0 Å². The first-order valence-electron chi connectivity index (χ1n) is 2.69. The largest absolute Gasteiger partial charge is 0.490 e. The van der Waals surface area contributed by atoms with Gasteiger partial charge in [-0.1, -0.05) is 0 Å². The maximum atomic E-state index is 12.0. The summed E-state index contributed by atoms with van der Waals surface area (Å²) in [5.74, 6) is -5.97. The highest BCUT2D eigenvalue weighted by Gasteiger charge is 2.48. The molecule has 0 radical (unpaired) electrons. The molecular formula is C5H3F7O. The molecule has 0 aliphatic heterocycles. The Morgan fingerprint density at radius 3 is 1.38 bits per heavy atom. The lowest BCUT2D eigenvalue weighted by molar-refractivity contribution is -0.152. The van der Waals surface area contributed by atoms with E-state index in [0.29, 0.717) is 7.11 Å². The molecule has 0 aliphatic carbocycles. The SMILES string of the molecule is COC(=C(F)C(F)(F)F)C(F)(F)F. The Balaban J connectivity index is 5.16. The van der Waals surface area contributed by atoms with E-state index in [2.05, 4.69) is 4.74 Å². The molecule has 0 saturated heterocycles. The first-order valence-corrected chi connectivity index (χ1v) is 2.69. The van der Waals surface area contributed by atoms with Gasteiger partial charge in [0.2, 0.25) is 5.76 Å². The van der Waals surface area contributed by atoms with Crippen molar-refractivity contribution in [3.63, 3.8) is 0 Å². The second-order valence-electron chi connectivity index (χ2n) is 1.84. The molecule has 0 amide bonds. The number of halogens is 7. The van der Waals surface area contributed by atoms with Crippen LogP contribution in [0.25, 0.3) is 0 Å². The van der Waals surface area contributed by atoms with Crippen LogP contribution in [-0.4, -0.2) is 19.5 Å². The number of hydrogen-bond donors (Lipinski definition) is 0. The molecule has 0 aromatic rings. The summed E-state index contributed by atoms with van der Waals surface area (Å²) in [6, 6.07) is 0. The van der Waals surface area contributed by atoms with Gasteiger partial charge in [-0.3, -0.25) is 0 Å². The number of alkyl halides is 6. The zero-order valence-electron chi connectivity index (χ0n) is 6.05. The van der Waals surface area contributed by atoms with E-state index in [0.717, 1.165) is 0 Å². The van der Waals surface area contributed by atoms with Crippen molar-refractivity contribution in [3.8, 4) is 0 Å². The Bertz CT molecular complexity index is 210. The fraction of sp³-hybridized carbons (Fsp3) is 0.600. The summed E-state index contributed by atoms with van der Waals surface area (Å²) in [6.45, 7) is 0. The van der Waals surface area contributed by atoms with Gasteiger partial charge in [0.05, 0.1) is 7.11 Å². The Morgan fingerprint density at radius 2 is 1.31 bits per heavy atom. The summed E-state index contributed by atoms with van der Waals surface area (Å²) in [5.41, 5.74) is 0. The number of rotatable bonds is 1. The van der Waals surface area contributed by atoms with E-state index in [-0.39, 0.29) is 0 Å². The van der Waals surface area contributed by atoms with E-state index in [1.807, 2.05) is 0 Å². The van der Waals surface area contributed by atoms with Gasteiger partial charge in [-0.25, -0.2) is 0 Å². The summed E-state index contributed by atoms with van der Waals surface area (Å²) < 4.78 is 84.2. The normalized spacial score (nSPS) is 15.4. The van der Waals surface area contributed by atoms with E-state index in [4.69, 9.17) is 0 Å². The molecule has 0 heterocycles. The third-order valence-corrected chi connectivity index (χ3v) is 0.910. The molecule has 0 aliphatic rings. The van der Waals surface area contributed by atoms with E-state index in [1.54, 1.807) is 0 Å². The summed E-state index contributed by atoms with van der Waals surface area (Å²) in [5, 5.41) is 0. The predicted octanol–water partition coefficient (Wildman–Crippen LogP) is 2.94. The number of methoxy groups -OCH3 is 1. The molecule has 78 valence electrons. The lowest BCUT2D eigenvalue weighted by Gasteiger charge is -2.12. The quantitative estimate of drug-likeness (QED) is 0.479. The topological polar surface area (TPSA) is 9.23 Å². The minimum atomic E-state index is -5.69. The lowest BCUT2D eigenvalue weighted by Crippen LogP contribution is -2.21. The van der Waals surface area contributed by atoms with Crippen LogP contribution in [-0.2, 0) is 4.74 Å². The van der Waals surface area contributed by atoms with Crippen molar-refractivity contribution >= 4 is 0 Å². The Hall–Kier alpha value is -0.950. The molecule has 1 nitrogen and oxygen atoms in total. The van der Waals surface area contributed by atoms with Gasteiger partial charge in [-0.2, -0.15) is 30.7 Å². The minimum Gasteiger partial charge on any atom is -0.490 e. The highest BCUT2D eigenvalue weighted by atomic mass is 19.4. The van der Waals surface area contributed by atoms with Crippen molar-refractivity contribution in [1.29, 1.82) is 0 Å². The van der Waals surface area contributed by atoms with Crippen LogP contribution in [0.15, 0.2) is 11.6 Å². The van der Waals surface area contributed by atoms with E-state index in [1.165, 1.54) is 0 Å². The molecule has 0 aromatic carbocycles. The van der Waals surface area contributed by atoms with Crippen molar-refractivity contribution in [2.24, 2.45) is 0 Å². The van der Waals surface area contributed by atoms with Crippen molar-refractivity contribution in [2.45, 2.75) is 12.4 Å². The molecule has 8 heteroatoms. The fourth-order valence-electron chi connectivity index (χ4n) is 0.459. The average Bonchev–Trinajstić information content (AvgIpc) is 1.83. The molecular weight excluding hydrogens is 209 g/mol. The summed E-state index contributed by atoms with van der Waals surface area (Å²) >= 11 is 0. The Labute approximate surface area is 67.8 Å². The van der Waals surface area contributed by atoms with E-state index >= 15 is 0 Å². The van der Waals surface area contributed by atoms with Crippen LogP contribution in [0, 0.1) is 0 Å². The van der Waals surface area contributed by atoms with Crippen LogP contribution in [0.1, 0.15) is 0 Å². The van der Waals surface area contributed by atoms with Crippen LogP contribution in [0.2, 0.25) is 0 Å². The standard InChI is InChI=1S/C5H3F7O/c1-13-3(5(10,11)12)2(6)4(7,8)9/h1H3. The van der Waals surface area contributed by atoms with Crippen molar-refractivity contribution in [3.05, 3.63) is 11.6 Å². The van der Waals surface area contributed by atoms with Crippen LogP contribution < -0.4 is 0 Å². The van der Waals surface area contributed by atoms with E-state index in [9.17, 15) is 30.7 Å². The Morgan fingerprint density at radius 1 is 0.923 bits per heavy atom. The van der Waals surface area contributed by atoms with Crippen LogP contribution >= 0.6 is 0 Å². The maximum absolute atomic E-state index is 12.0. The van der Waals surface area contributed by atoms with Crippen LogP contribution in [0.5, 0.6) is 0 Å². The van der Waals surface area contributed by atoms with Crippen LogP contribution in [0.3, 0.4) is 0 Å². The molecule has 0 N–H and O–H groups in total. The monoisotopic (exact) mass is 212 g/mol. The molecule has 13 heavy (non-hydrogen) atoms. The van der Waals surface area contributed by atoms with Crippen molar-refractivity contribution in [2.75, 3.05) is 7.11 Å². The molecule has 0 fully saturated rings. The number of hydrogen-bond acceptors (Lipinski definition) is 1. The third-order valence-electron chi connectivity index (χ3n) is 0.910. The van der Waals surface area contributed by atoms with Gasteiger partial charge in [-0.05, 0) is 0 Å².